The number of para-hydroxylation sites is 1. The lowest BCUT2D eigenvalue weighted by Crippen LogP contribution is -2.42. The highest BCUT2D eigenvalue weighted by molar-refractivity contribution is 7.13. The first-order chi connectivity index (χ1) is 18.5. The molecule has 1 saturated carbocycles. The van der Waals surface area contributed by atoms with Gasteiger partial charge in [-0.2, -0.15) is 0 Å². The molecule has 4 aromatic heterocycles. The highest BCUT2D eigenvalue weighted by Gasteiger charge is 2.27. The van der Waals surface area contributed by atoms with Crippen molar-refractivity contribution in [1.29, 1.82) is 0 Å². The van der Waals surface area contributed by atoms with Gasteiger partial charge in [0.05, 0.1) is 10.6 Å². The molecule has 0 unspecified atom stereocenters. The van der Waals surface area contributed by atoms with Crippen molar-refractivity contribution in [3.05, 3.63) is 81.2 Å². The summed E-state index contributed by atoms with van der Waals surface area (Å²) in [6.07, 6.45) is 5.26. The molecule has 6 rings (SSSR count). The maximum Gasteiger partial charge on any atom is 0.326 e. The Bertz CT molecular complexity index is 1660. The first-order valence-electron chi connectivity index (χ1n) is 12.8. The van der Waals surface area contributed by atoms with E-state index in [9.17, 15) is 19.5 Å². The summed E-state index contributed by atoms with van der Waals surface area (Å²) in [4.78, 5) is 47.8. The van der Waals surface area contributed by atoms with Crippen LogP contribution in [0.1, 0.15) is 59.8 Å². The molecule has 0 radical (unpaired) electrons. The Labute approximate surface area is 221 Å². The first kappa shape index (κ1) is 24.2. The number of fused-ring (bicyclic) bond motifs is 2. The van der Waals surface area contributed by atoms with E-state index >= 15 is 0 Å². The van der Waals surface area contributed by atoms with Gasteiger partial charge in [-0.15, -0.1) is 11.3 Å². The van der Waals surface area contributed by atoms with Crippen LogP contribution in [0.3, 0.4) is 0 Å². The second kappa shape index (κ2) is 9.94. The van der Waals surface area contributed by atoms with Gasteiger partial charge in [0.15, 0.2) is 5.65 Å². The van der Waals surface area contributed by atoms with Crippen LogP contribution in [0.5, 0.6) is 0 Å². The van der Waals surface area contributed by atoms with Crippen LogP contribution >= 0.6 is 11.3 Å². The summed E-state index contributed by atoms with van der Waals surface area (Å²) in [5, 5.41) is 18.2. The number of carbonyl (C=O) groups is 2. The number of aromatic amines is 2. The van der Waals surface area contributed by atoms with Crippen LogP contribution in [-0.4, -0.2) is 42.6 Å². The number of H-pyrrole nitrogens is 2. The van der Waals surface area contributed by atoms with Crippen LogP contribution in [0.2, 0.25) is 0 Å². The normalized spacial score (nSPS) is 15.2. The maximum atomic E-state index is 13.7. The van der Waals surface area contributed by atoms with Crippen molar-refractivity contribution in [2.75, 3.05) is 0 Å². The summed E-state index contributed by atoms with van der Waals surface area (Å²) >= 11 is 1.53. The number of carbonyl (C=O) groups excluding carboxylic acids is 1. The van der Waals surface area contributed by atoms with E-state index in [0.29, 0.717) is 22.6 Å². The molecule has 0 bridgehead atoms. The van der Waals surface area contributed by atoms with Gasteiger partial charge >= 0.3 is 5.97 Å². The van der Waals surface area contributed by atoms with Crippen molar-refractivity contribution in [1.82, 2.24) is 24.9 Å². The monoisotopic (exact) mass is 529 g/mol. The molecule has 1 fully saturated rings. The Kier molecular flexibility index (Phi) is 6.32. The molecular weight excluding hydrogens is 502 g/mol. The van der Waals surface area contributed by atoms with Crippen LogP contribution in [0.4, 0.5) is 0 Å². The zero-order chi connectivity index (χ0) is 26.2. The van der Waals surface area contributed by atoms with Crippen molar-refractivity contribution in [3.63, 3.8) is 0 Å². The average Bonchev–Trinajstić information content (AvgIpc) is 3.68. The van der Waals surface area contributed by atoms with Gasteiger partial charge in [-0.3, -0.25) is 14.7 Å². The van der Waals surface area contributed by atoms with E-state index in [-0.39, 0.29) is 23.6 Å². The number of nitrogens with one attached hydrogen (secondary N) is 3. The minimum atomic E-state index is -1.16. The quantitative estimate of drug-likeness (QED) is 0.243. The first-order valence-corrected chi connectivity index (χ1v) is 13.7. The molecule has 10 heteroatoms. The number of nitrogens with zero attached hydrogens (tertiary/aromatic N) is 2. The molecule has 38 heavy (non-hydrogen) atoms. The molecule has 0 spiro atoms. The molecule has 1 aliphatic rings. The van der Waals surface area contributed by atoms with Gasteiger partial charge in [0.25, 0.3) is 11.5 Å². The van der Waals surface area contributed by atoms with Gasteiger partial charge in [-0.05, 0) is 47.7 Å². The van der Waals surface area contributed by atoms with Gasteiger partial charge in [-0.25, -0.2) is 14.3 Å². The number of thiophene rings is 1. The summed E-state index contributed by atoms with van der Waals surface area (Å²) < 4.78 is 1.31. The van der Waals surface area contributed by atoms with E-state index in [1.165, 1.54) is 21.9 Å². The van der Waals surface area contributed by atoms with Crippen molar-refractivity contribution in [2.45, 2.75) is 50.5 Å². The van der Waals surface area contributed by atoms with Gasteiger partial charge in [0.2, 0.25) is 0 Å². The number of amides is 1. The van der Waals surface area contributed by atoms with Crippen molar-refractivity contribution in [2.24, 2.45) is 0 Å². The van der Waals surface area contributed by atoms with Crippen LogP contribution in [0, 0.1) is 0 Å². The highest BCUT2D eigenvalue weighted by Crippen LogP contribution is 2.37. The van der Waals surface area contributed by atoms with Gasteiger partial charge in [0.1, 0.15) is 11.7 Å². The lowest BCUT2D eigenvalue weighted by molar-refractivity contribution is -0.139. The Morgan fingerprint density at radius 2 is 1.95 bits per heavy atom. The minimum Gasteiger partial charge on any atom is -0.480 e. The molecule has 0 saturated heterocycles. The molecule has 5 aromatic rings. The van der Waals surface area contributed by atoms with Crippen LogP contribution in [0.25, 0.3) is 27.1 Å². The second-order valence-corrected chi connectivity index (χ2v) is 10.8. The molecule has 4 heterocycles. The Balaban J connectivity index is 1.32. The molecule has 1 atom stereocenters. The SMILES string of the molecule is O=C(N[C@@H](Cc1cc2ccccc2[nH]1)C(=O)O)c1cc2nc(-c3cccs3)c(C3CCCCC3)c(=O)n2[nH]1. The number of hydrogen-bond donors (Lipinski definition) is 4. The number of carboxylic acids is 1. The topological polar surface area (TPSA) is 132 Å². The lowest BCUT2D eigenvalue weighted by atomic mass is 9.83. The number of rotatable bonds is 7. The predicted molar refractivity (Wildman–Crippen MR) is 146 cm³/mol. The summed E-state index contributed by atoms with van der Waals surface area (Å²) in [7, 11) is 0. The lowest BCUT2D eigenvalue weighted by Gasteiger charge is -2.22. The average molecular weight is 530 g/mol. The number of benzene rings is 1. The third-order valence-corrected chi connectivity index (χ3v) is 8.15. The van der Waals surface area contributed by atoms with Crippen molar-refractivity contribution >= 4 is 39.8 Å². The fourth-order valence-corrected chi connectivity index (χ4v) is 6.14. The second-order valence-electron chi connectivity index (χ2n) is 9.81. The van der Waals surface area contributed by atoms with E-state index < -0.39 is 17.9 Å². The number of hydrogen-bond acceptors (Lipinski definition) is 5. The summed E-state index contributed by atoms with van der Waals surface area (Å²) in [5.74, 6) is -1.65. The molecule has 0 aliphatic heterocycles. The molecule has 4 N–H and O–H groups in total. The zero-order valence-corrected chi connectivity index (χ0v) is 21.4. The van der Waals surface area contributed by atoms with Crippen LogP contribution in [0.15, 0.2) is 58.7 Å². The molecule has 9 nitrogen and oxygen atoms in total. The molecule has 1 aliphatic carbocycles. The Morgan fingerprint density at radius 3 is 2.68 bits per heavy atom. The number of aromatic nitrogens is 4. The van der Waals surface area contributed by atoms with E-state index in [2.05, 4.69) is 15.4 Å². The standard InChI is InChI=1S/C28H27N5O4S/c34-26(30-21(28(36)37)14-18-13-17-9-4-5-10-19(17)29-18)20-15-23-31-25(22-11-6-12-38-22)24(27(35)33(23)32-20)16-7-2-1-3-8-16/h4-6,9-13,15-16,21,29,32H,1-3,7-8,14H2,(H,30,34)(H,36,37)/t21-/m0/s1. The molecule has 1 amide bonds. The fourth-order valence-electron chi connectivity index (χ4n) is 5.41. The van der Waals surface area contributed by atoms with Gasteiger partial charge in [0, 0.05) is 29.3 Å². The Hall–Kier alpha value is -4.18. The Morgan fingerprint density at radius 1 is 1.13 bits per heavy atom. The van der Waals surface area contributed by atoms with Gasteiger partial charge < -0.3 is 15.4 Å². The summed E-state index contributed by atoms with van der Waals surface area (Å²) in [5.41, 5.74) is 3.14. The predicted octanol–water partition coefficient (Wildman–Crippen LogP) is 4.71. The van der Waals surface area contributed by atoms with Crippen molar-refractivity contribution in [3.8, 4) is 10.6 Å². The molecular formula is C28H27N5O4S. The largest absolute Gasteiger partial charge is 0.480 e. The molecule has 194 valence electrons. The number of aliphatic carboxylic acids is 1. The summed E-state index contributed by atoms with van der Waals surface area (Å²) in [6.45, 7) is 0. The zero-order valence-electron chi connectivity index (χ0n) is 20.6. The van der Waals surface area contributed by atoms with Crippen LogP contribution in [-0.2, 0) is 11.2 Å². The highest BCUT2D eigenvalue weighted by atomic mass is 32.1. The van der Waals surface area contributed by atoms with E-state index in [1.807, 2.05) is 47.8 Å². The van der Waals surface area contributed by atoms with Crippen LogP contribution < -0.4 is 10.9 Å². The minimum absolute atomic E-state index is 0.0791. The fraction of sp³-hybridized carbons (Fsp3) is 0.286. The van der Waals surface area contributed by atoms with E-state index in [1.54, 1.807) is 0 Å². The van der Waals surface area contributed by atoms with Gasteiger partial charge in [-0.1, -0.05) is 43.5 Å². The number of carboxylic acid groups (broad SMARTS) is 1. The van der Waals surface area contributed by atoms with E-state index in [0.717, 1.165) is 47.9 Å². The molecule has 1 aromatic carbocycles. The smallest absolute Gasteiger partial charge is 0.326 e. The van der Waals surface area contributed by atoms with E-state index in [4.69, 9.17) is 4.98 Å². The van der Waals surface area contributed by atoms with Crippen molar-refractivity contribution < 1.29 is 14.7 Å². The summed E-state index contributed by atoms with van der Waals surface area (Å²) in [6, 6.07) is 13.8. The third kappa shape index (κ3) is 4.51. The maximum absolute atomic E-state index is 13.7. The third-order valence-electron chi connectivity index (χ3n) is 7.28.